The SMILES string of the molecule is CN=C(NCCN(C)C(C)C)NC1CCN(Cc2ccc(Br)cc2)CC1.I. The zero-order chi connectivity index (χ0) is 18.9. The van der Waals surface area contributed by atoms with Crippen LogP contribution in [0.4, 0.5) is 0 Å². The lowest BCUT2D eigenvalue weighted by atomic mass is 10.0. The molecule has 2 rings (SSSR count). The Morgan fingerprint density at radius 3 is 2.44 bits per heavy atom. The molecule has 0 bridgehead atoms. The Hall–Kier alpha value is -0.380. The van der Waals surface area contributed by atoms with Crippen molar-refractivity contribution in [3.05, 3.63) is 34.3 Å². The van der Waals surface area contributed by atoms with Gasteiger partial charge in [0.25, 0.3) is 0 Å². The van der Waals surface area contributed by atoms with Crippen molar-refractivity contribution < 1.29 is 0 Å². The Kier molecular flexibility index (Phi) is 11.8. The van der Waals surface area contributed by atoms with Crippen molar-refractivity contribution in [2.45, 2.75) is 45.3 Å². The summed E-state index contributed by atoms with van der Waals surface area (Å²) >= 11 is 3.50. The predicted octanol–water partition coefficient (Wildman–Crippen LogP) is 3.54. The smallest absolute Gasteiger partial charge is 0.191 e. The standard InChI is InChI=1S/C20H34BrN5.HI/c1-16(2)25(4)14-11-23-20(22-3)24-19-9-12-26(13-10-19)15-17-5-7-18(21)8-6-17;/h5-8,16,19H,9-15H2,1-4H3,(H2,22,23,24);1H. The molecule has 1 aliphatic rings. The van der Waals surface area contributed by atoms with Crippen molar-refractivity contribution in [3.8, 4) is 0 Å². The molecular weight excluding hydrogens is 517 g/mol. The van der Waals surface area contributed by atoms with Crippen LogP contribution in [0.25, 0.3) is 0 Å². The van der Waals surface area contributed by atoms with Crippen molar-refractivity contribution in [1.82, 2.24) is 20.4 Å². The van der Waals surface area contributed by atoms with Crippen LogP contribution in [0.2, 0.25) is 0 Å². The van der Waals surface area contributed by atoms with Crippen molar-refractivity contribution in [2.24, 2.45) is 4.99 Å². The molecule has 1 aromatic carbocycles. The van der Waals surface area contributed by atoms with Crippen LogP contribution in [0.3, 0.4) is 0 Å². The summed E-state index contributed by atoms with van der Waals surface area (Å²) in [5.74, 6) is 0.925. The van der Waals surface area contributed by atoms with E-state index in [2.05, 4.69) is 86.5 Å². The molecule has 1 saturated heterocycles. The Bertz CT molecular complexity index is 556. The van der Waals surface area contributed by atoms with Gasteiger partial charge in [0, 0.05) is 56.3 Å². The number of guanidine groups is 1. The van der Waals surface area contributed by atoms with Gasteiger partial charge in [-0.3, -0.25) is 9.89 Å². The monoisotopic (exact) mass is 551 g/mol. The summed E-state index contributed by atoms with van der Waals surface area (Å²) in [7, 11) is 4.01. The number of nitrogens with zero attached hydrogens (tertiary/aromatic N) is 3. The third-order valence-electron chi connectivity index (χ3n) is 5.11. The van der Waals surface area contributed by atoms with Crippen molar-refractivity contribution in [3.63, 3.8) is 0 Å². The number of halogens is 2. The summed E-state index contributed by atoms with van der Waals surface area (Å²) in [6, 6.07) is 9.72. The van der Waals surface area contributed by atoms with Crippen LogP contribution in [0.15, 0.2) is 33.7 Å². The Morgan fingerprint density at radius 1 is 1.26 bits per heavy atom. The highest BCUT2D eigenvalue weighted by atomic mass is 127. The molecule has 0 radical (unpaired) electrons. The third-order valence-corrected chi connectivity index (χ3v) is 5.64. The lowest BCUT2D eigenvalue weighted by molar-refractivity contribution is 0.198. The quantitative estimate of drug-likeness (QED) is 0.309. The van der Waals surface area contributed by atoms with Crippen LogP contribution in [-0.2, 0) is 6.54 Å². The number of rotatable bonds is 7. The zero-order valence-corrected chi connectivity index (χ0v) is 21.0. The summed E-state index contributed by atoms with van der Waals surface area (Å²) in [6.45, 7) is 9.65. The molecule has 0 atom stereocenters. The van der Waals surface area contributed by atoms with Gasteiger partial charge < -0.3 is 15.5 Å². The van der Waals surface area contributed by atoms with Crippen molar-refractivity contribution in [2.75, 3.05) is 40.3 Å². The molecule has 0 aliphatic carbocycles. The molecule has 1 heterocycles. The molecule has 5 nitrogen and oxygen atoms in total. The van der Waals surface area contributed by atoms with Crippen LogP contribution in [0.1, 0.15) is 32.3 Å². The van der Waals surface area contributed by atoms with Gasteiger partial charge in [-0.25, -0.2) is 0 Å². The maximum absolute atomic E-state index is 4.38. The summed E-state index contributed by atoms with van der Waals surface area (Å²) in [6.07, 6.45) is 2.31. The highest BCUT2D eigenvalue weighted by Gasteiger charge is 2.20. The average molecular weight is 552 g/mol. The third kappa shape index (κ3) is 9.11. The highest BCUT2D eigenvalue weighted by Crippen LogP contribution is 2.16. The molecule has 0 saturated carbocycles. The molecule has 0 aromatic heterocycles. The average Bonchev–Trinajstić information content (AvgIpc) is 2.64. The first-order chi connectivity index (χ1) is 12.5. The molecule has 7 heteroatoms. The molecule has 1 fully saturated rings. The number of piperidine rings is 1. The van der Waals surface area contributed by atoms with Gasteiger partial charge in [0.2, 0.25) is 0 Å². The number of hydrogen-bond acceptors (Lipinski definition) is 3. The van der Waals surface area contributed by atoms with Gasteiger partial charge in [0.1, 0.15) is 0 Å². The number of nitrogens with one attached hydrogen (secondary N) is 2. The number of likely N-dealkylation sites (tertiary alicyclic amines) is 1. The van der Waals surface area contributed by atoms with Crippen molar-refractivity contribution in [1.29, 1.82) is 0 Å². The molecule has 2 N–H and O–H groups in total. The molecule has 0 amide bonds. The van der Waals surface area contributed by atoms with E-state index in [9.17, 15) is 0 Å². The van der Waals surface area contributed by atoms with Gasteiger partial charge in [0.05, 0.1) is 0 Å². The second-order valence-corrected chi connectivity index (χ2v) is 8.31. The van der Waals surface area contributed by atoms with Crippen LogP contribution in [-0.4, -0.2) is 68.1 Å². The first-order valence-electron chi connectivity index (χ1n) is 9.62. The second kappa shape index (κ2) is 13.0. The van der Waals surface area contributed by atoms with Crippen LogP contribution >= 0.6 is 39.9 Å². The van der Waals surface area contributed by atoms with E-state index in [4.69, 9.17) is 0 Å². The Balaban J connectivity index is 0.00000364. The fourth-order valence-corrected chi connectivity index (χ4v) is 3.34. The topological polar surface area (TPSA) is 42.9 Å². The van der Waals surface area contributed by atoms with E-state index in [1.165, 1.54) is 5.56 Å². The highest BCUT2D eigenvalue weighted by molar-refractivity contribution is 14.0. The lowest BCUT2D eigenvalue weighted by Gasteiger charge is -2.33. The summed E-state index contributed by atoms with van der Waals surface area (Å²) in [5.41, 5.74) is 1.38. The fraction of sp³-hybridized carbons (Fsp3) is 0.650. The van der Waals surface area contributed by atoms with Gasteiger partial charge in [0.15, 0.2) is 5.96 Å². The second-order valence-electron chi connectivity index (χ2n) is 7.39. The number of likely N-dealkylation sites (N-methyl/N-ethyl adjacent to an activating group) is 1. The minimum Gasteiger partial charge on any atom is -0.355 e. The lowest BCUT2D eigenvalue weighted by Crippen LogP contribution is -2.49. The minimum atomic E-state index is 0. The summed E-state index contributed by atoms with van der Waals surface area (Å²) in [5, 5.41) is 7.03. The molecule has 0 spiro atoms. The number of hydrogen-bond donors (Lipinski definition) is 2. The first kappa shape index (κ1) is 24.7. The summed E-state index contributed by atoms with van der Waals surface area (Å²) in [4.78, 5) is 9.25. The Labute approximate surface area is 190 Å². The fourth-order valence-electron chi connectivity index (χ4n) is 3.08. The zero-order valence-electron chi connectivity index (χ0n) is 17.0. The van der Waals surface area contributed by atoms with Gasteiger partial charge in [-0.1, -0.05) is 28.1 Å². The Morgan fingerprint density at radius 2 is 1.89 bits per heavy atom. The molecule has 27 heavy (non-hydrogen) atoms. The van der Waals surface area contributed by atoms with Crippen LogP contribution < -0.4 is 10.6 Å². The normalized spacial score (nSPS) is 16.5. The van der Waals surface area contributed by atoms with Crippen LogP contribution in [0.5, 0.6) is 0 Å². The van der Waals surface area contributed by atoms with Gasteiger partial charge in [-0.05, 0) is 51.4 Å². The maximum Gasteiger partial charge on any atom is 0.191 e. The molecule has 154 valence electrons. The van der Waals surface area contributed by atoms with E-state index >= 15 is 0 Å². The van der Waals surface area contributed by atoms with E-state index in [0.717, 1.165) is 56.0 Å². The van der Waals surface area contributed by atoms with Crippen molar-refractivity contribution >= 4 is 45.9 Å². The van der Waals surface area contributed by atoms with E-state index < -0.39 is 0 Å². The molecular formula is C20H35BrIN5. The number of aliphatic imine (C=N–C) groups is 1. The molecule has 1 aromatic rings. The summed E-state index contributed by atoms with van der Waals surface area (Å²) < 4.78 is 1.14. The minimum absolute atomic E-state index is 0. The van der Waals surface area contributed by atoms with Crippen LogP contribution in [0, 0.1) is 0 Å². The van der Waals surface area contributed by atoms with E-state index in [-0.39, 0.29) is 24.0 Å². The largest absolute Gasteiger partial charge is 0.355 e. The van der Waals surface area contributed by atoms with E-state index in [1.807, 2.05) is 7.05 Å². The molecule has 1 aliphatic heterocycles. The van der Waals surface area contributed by atoms with Gasteiger partial charge in [-0.2, -0.15) is 0 Å². The molecule has 0 unspecified atom stereocenters. The predicted molar refractivity (Wildman–Crippen MR) is 130 cm³/mol. The maximum atomic E-state index is 4.38. The van der Waals surface area contributed by atoms with Gasteiger partial charge in [-0.15, -0.1) is 24.0 Å². The van der Waals surface area contributed by atoms with Gasteiger partial charge >= 0.3 is 0 Å². The number of benzene rings is 1. The van der Waals surface area contributed by atoms with E-state index in [1.54, 1.807) is 0 Å². The first-order valence-corrected chi connectivity index (χ1v) is 10.4. The van der Waals surface area contributed by atoms with E-state index in [0.29, 0.717) is 12.1 Å².